The maximum atomic E-state index is 13.4. The number of benzene rings is 2. The number of methoxy groups -OCH3 is 2. The fourth-order valence-electron chi connectivity index (χ4n) is 7.23. The van der Waals surface area contributed by atoms with E-state index in [-0.39, 0.29) is 34.6 Å². The van der Waals surface area contributed by atoms with Crippen molar-refractivity contribution < 1.29 is 62.2 Å². The fraction of sp³-hybridized carbons (Fsp3) is 0.556. The van der Waals surface area contributed by atoms with Gasteiger partial charge in [-0.3, -0.25) is 9.59 Å². The van der Waals surface area contributed by atoms with Crippen LogP contribution in [0.25, 0.3) is 0 Å². The number of hydrogen-bond donors (Lipinski definition) is 2. The third kappa shape index (κ3) is 9.68. The number of amides is 2. The van der Waals surface area contributed by atoms with Crippen LogP contribution in [0.1, 0.15) is 62.5 Å². The molecule has 6 atom stereocenters. The molecule has 2 N–H and O–H groups in total. The Hall–Kier alpha value is -3.28. The molecule has 0 spiro atoms. The first-order valence-corrected chi connectivity index (χ1v) is 22.3. The molecule has 2 aromatic carbocycles. The Labute approximate surface area is 347 Å². The number of sulfone groups is 2. The molecule has 22 heteroatoms. The van der Waals surface area contributed by atoms with E-state index < -0.39 is 110 Å². The van der Waals surface area contributed by atoms with Gasteiger partial charge in [0.25, 0.3) is 0 Å². The van der Waals surface area contributed by atoms with Gasteiger partial charge in [0.15, 0.2) is 19.7 Å². The molecule has 6 rings (SSSR count). The van der Waals surface area contributed by atoms with Gasteiger partial charge in [0.2, 0.25) is 11.8 Å². The lowest BCUT2D eigenvalue weighted by Gasteiger charge is -2.19. The quantitative estimate of drug-likeness (QED) is 0.251. The van der Waals surface area contributed by atoms with Gasteiger partial charge in [-0.2, -0.15) is 36.9 Å². The molecule has 2 aromatic rings. The van der Waals surface area contributed by atoms with E-state index in [9.17, 15) is 52.8 Å². The number of halogens is 8. The van der Waals surface area contributed by atoms with E-state index in [0.717, 1.165) is 24.3 Å². The van der Waals surface area contributed by atoms with E-state index in [0.29, 0.717) is 25.7 Å². The van der Waals surface area contributed by atoms with Crippen molar-refractivity contribution in [2.45, 2.75) is 107 Å². The summed E-state index contributed by atoms with van der Waals surface area (Å²) in [6, 6.07) is 9.80. The SMILES string of the molecule is CO[C@@H]1C[C@H](S(=O)(=O)c2ccc(Br)cc2C(F)(F)F)C[C@H]1C(=O)NC1(C#N)CC1.CO[C@H]1C[C@@H](S(=O)(=O)c2ccc(Br)cc2C(F)(F)F)C[C@@H]1C(=O)NC1(C#N)CC1. The number of ether oxygens (including phenoxy) is 2. The zero-order valence-corrected chi connectivity index (χ0v) is 35.4. The predicted molar refractivity (Wildman–Crippen MR) is 199 cm³/mol. The zero-order valence-electron chi connectivity index (χ0n) is 30.6. The second-order valence-corrected chi connectivity index (χ2v) is 20.9. The second-order valence-electron chi connectivity index (χ2n) is 14.7. The Morgan fingerprint density at radius 2 is 1.00 bits per heavy atom. The molecule has 0 radical (unpaired) electrons. The van der Waals surface area contributed by atoms with E-state index in [1.54, 1.807) is 0 Å². The highest BCUT2D eigenvalue weighted by Gasteiger charge is 2.53. The molecule has 0 unspecified atom stereocenters. The van der Waals surface area contributed by atoms with Gasteiger partial charge < -0.3 is 20.1 Å². The average Bonchev–Trinajstić information content (AvgIpc) is 4.00. The molecule has 0 aliphatic heterocycles. The summed E-state index contributed by atoms with van der Waals surface area (Å²) in [5.74, 6) is -2.76. The molecule has 0 bridgehead atoms. The van der Waals surface area contributed by atoms with Crippen LogP contribution in [0.3, 0.4) is 0 Å². The predicted octanol–water partition coefficient (Wildman–Crippen LogP) is 6.42. The van der Waals surface area contributed by atoms with Crippen LogP contribution in [0.5, 0.6) is 0 Å². The van der Waals surface area contributed by atoms with Gasteiger partial charge in [-0.15, -0.1) is 0 Å². The van der Waals surface area contributed by atoms with Gasteiger partial charge in [0.05, 0.1) is 67.6 Å². The topological polar surface area (TPSA) is 193 Å². The molecule has 4 fully saturated rings. The van der Waals surface area contributed by atoms with Crippen molar-refractivity contribution >= 4 is 63.3 Å². The van der Waals surface area contributed by atoms with Crippen LogP contribution in [0.2, 0.25) is 0 Å². The maximum Gasteiger partial charge on any atom is 0.417 e. The van der Waals surface area contributed by atoms with Crippen LogP contribution in [0, 0.1) is 34.5 Å². The summed E-state index contributed by atoms with van der Waals surface area (Å²) < 4.78 is 143. The van der Waals surface area contributed by atoms with Crippen LogP contribution in [0.4, 0.5) is 26.3 Å². The number of alkyl halides is 6. The van der Waals surface area contributed by atoms with E-state index in [2.05, 4.69) is 42.5 Å². The molecule has 4 aliphatic carbocycles. The average molecular weight is 991 g/mol. The first-order valence-electron chi connectivity index (χ1n) is 17.6. The highest BCUT2D eigenvalue weighted by molar-refractivity contribution is 9.10. The van der Waals surface area contributed by atoms with Gasteiger partial charge >= 0.3 is 12.4 Å². The lowest BCUT2D eigenvalue weighted by molar-refractivity contribution is -0.140. The minimum Gasteiger partial charge on any atom is -0.381 e. The number of nitrogens with zero attached hydrogens (tertiary/aromatic N) is 2. The number of nitrogens with one attached hydrogen (secondary N) is 2. The summed E-state index contributed by atoms with van der Waals surface area (Å²) in [6.07, 6.45) is -9.78. The van der Waals surface area contributed by atoms with E-state index in [1.807, 2.05) is 12.1 Å². The maximum absolute atomic E-state index is 13.4. The van der Waals surface area contributed by atoms with Crippen molar-refractivity contribution in [1.29, 1.82) is 10.5 Å². The monoisotopic (exact) mass is 988 g/mol. The van der Waals surface area contributed by atoms with Gasteiger partial charge in [-0.25, -0.2) is 16.8 Å². The normalized spacial score (nSPS) is 26.0. The molecular formula is C36H36Br2F6N4O8S2. The molecule has 316 valence electrons. The summed E-state index contributed by atoms with van der Waals surface area (Å²) in [6.45, 7) is 0. The highest BCUT2D eigenvalue weighted by atomic mass is 79.9. The molecule has 58 heavy (non-hydrogen) atoms. The number of rotatable bonds is 10. The molecule has 0 aromatic heterocycles. The summed E-state index contributed by atoms with van der Waals surface area (Å²) in [5.41, 5.74) is -4.37. The van der Waals surface area contributed by atoms with Gasteiger partial charge in [-0.05, 0) is 87.8 Å². The van der Waals surface area contributed by atoms with Crippen molar-refractivity contribution in [2.75, 3.05) is 14.2 Å². The largest absolute Gasteiger partial charge is 0.417 e. The molecule has 0 saturated heterocycles. The Kier molecular flexibility index (Phi) is 13.1. The zero-order chi connectivity index (χ0) is 43.2. The lowest BCUT2D eigenvalue weighted by Crippen LogP contribution is -2.42. The lowest BCUT2D eigenvalue weighted by atomic mass is 10.0. The van der Waals surface area contributed by atoms with Crippen molar-refractivity contribution in [3.05, 3.63) is 56.5 Å². The summed E-state index contributed by atoms with van der Waals surface area (Å²) in [4.78, 5) is 23.5. The van der Waals surface area contributed by atoms with Crippen molar-refractivity contribution in [1.82, 2.24) is 10.6 Å². The Morgan fingerprint density at radius 3 is 1.26 bits per heavy atom. The Balaban J connectivity index is 0.000000221. The van der Waals surface area contributed by atoms with E-state index in [1.165, 1.54) is 26.4 Å². The van der Waals surface area contributed by atoms with E-state index >= 15 is 0 Å². The minimum absolute atomic E-state index is 0.105. The highest BCUT2D eigenvalue weighted by Crippen LogP contribution is 2.44. The third-order valence-electron chi connectivity index (χ3n) is 10.8. The minimum atomic E-state index is -4.85. The second kappa shape index (κ2) is 16.6. The van der Waals surface area contributed by atoms with Crippen LogP contribution in [-0.4, -0.2) is 76.7 Å². The van der Waals surface area contributed by atoms with Crippen LogP contribution >= 0.6 is 31.9 Å². The van der Waals surface area contributed by atoms with E-state index in [4.69, 9.17) is 20.0 Å². The van der Waals surface area contributed by atoms with Crippen molar-refractivity contribution in [2.24, 2.45) is 11.8 Å². The first-order chi connectivity index (χ1) is 26.9. The summed E-state index contributed by atoms with van der Waals surface area (Å²) in [7, 11) is -6.12. The molecule has 2 amide bonds. The van der Waals surface area contributed by atoms with Crippen LogP contribution < -0.4 is 10.6 Å². The van der Waals surface area contributed by atoms with Gasteiger partial charge in [0, 0.05) is 23.2 Å². The number of nitriles is 2. The molecule has 4 saturated carbocycles. The third-order valence-corrected chi connectivity index (χ3v) is 16.3. The standard InChI is InChI=1S/2C18H18BrF3N2O4S/c2*1-28-14-8-11(7-12(14)16(25)24-17(9-23)4-5-17)29(26,27)15-3-2-10(19)6-13(15)18(20,21)22/h2*2-3,6,11-12,14H,4-5,7-8H2,1H3,(H,24,25)/t2*11-,12-,14-/m10/s1. The van der Waals surface area contributed by atoms with Crippen molar-refractivity contribution in [3.8, 4) is 12.1 Å². The summed E-state index contributed by atoms with van der Waals surface area (Å²) in [5, 5.41) is 21.1. The first kappa shape index (κ1) is 45.8. The van der Waals surface area contributed by atoms with Gasteiger partial charge in [0.1, 0.15) is 11.1 Å². The number of hydrogen-bond acceptors (Lipinski definition) is 10. The molecular weight excluding hydrogens is 954 g/mol. The molecule has 0 heterocycles. The Bertz CT molecular complexity index is 2100. The van der Waals surface area contributed by atoms with Crippen LogP contribution in [-0.2, 0) is 51.1 Å². The van der Waals surface area contributed by atoms with Gasteiger partial charge in [-0.1, -0.05) is 31.9 Å². The smallest absolute Gasteiger partial charge is 0.381 e. The number of carbonyl (C=O) groups is 2. The summed E-state index contributed by atoms with van der Waals surface area (Å²) >= 11 is 5.87. The van der Waals surface area contributed by atoms with Crippen molar-refractivity contribution in [3.63, 3.8) is 0 Å². The Morgan fingerprint density at radius 1 is 0.672 bits per heavy atom. The molecule has 4 aliphatic rings. The van der Waals surface area contributed by atoms with Crippen LogP contribution in [0.15, 0.2) is 55.1 Å². The fourth-order valence-corrected chi connectivity index (χ4v) is 12.0. The number of carbonyl (C=O) groups excluding carboxylic acids is 2. The molecule has 12 nitrogen and oxygen atoms in total.